The molecular formula is C25H24F3NO5. The molecule has 0 aromatic heterocycles. The third kappa shape index (κ3) is 5.30. The summed E-state index contributed by atoms with van der Waals surface area (Å²) in [6.07, 6.45) is -4.74. The molecule has 0 spiro atoms. The van der Waals surface area contributed by atoms with Crippen molar-refractivity contribution in [1.29, 1.82) is 0 Å². The zero-order valence-electron chi connectivity index (χ0n) is 18.9. The lowest BCUT2D eigenvalue weighted by Gasteiger charge is -2.34. The molecule has 1 heterocycles. The Morgan fingerprint density at radius 3 is 2.35 bits per heavy atom. The molecule has 6 nitrogen and oxygen atoms in total. The van der Waals surface area contributed by atoms with Gasteiger partial charge in [0.25, 0.3) is 0 Å². The van der Waals surface area contributed by atoms with Crippen molar-refractivity contribution in [2.45, 2.75) is 38.9 Å². The van der Waals surface area contributed by atoms with Crippen LogP contribution in [-0.2, 0) is 31.8 Å². The van der Waals surface area contributed by atoms with Crippen molar-refractivity contribution < 1.29 is 37.0 Å². The SMILES string of the molecule is CCOC(=O)C1=C(C)N(Cc2ccc(C(=O)OC)cc2)C(=O)CC1c1cccc(C(F)(F)F)c1. The van der Waals surface area contributed by atoms with Gasteiger partial charge >= 0.3 is 18.1 Å². The maximum Gasteiger partial charge on any atom is 0.416 e. The van der Waals surface area contributed by atoms with Crippen LogP contribution in [-0.4, -0.2) is 36.5 Å². The summed E-state index contributed by atoms with van der Waals surface area (Å²) in [5, 5.41) is 0. The number of benzene rings is 2. The molecule has 0 saturated heterocycles. The Bertz CT molecular complexity index is 1120. The van der Waals surface area contributed by atoms with Crippen molar-refractivity contribution in [2.24, 2.45) is 0 Å². The fraction of sp³-hybridized carbons (Fsp3) is 0.320. The molecule has 0 N–H and O–H groups in total. The standard InChI is InChI=1S/C25H24F3NO5/c1-4-34-24(32)22-15(2)29(14-16-8-10-17(11-9-16)23(31)33-3)21(30)13-20(22)18-6-5-7-19(12-18)25(26,27)28/h5-12,20H,4,13-14H2,1-3H3. The number of carbonyl (C=O) groups excluding carboxylic acids is 3. The smallest absolute Gasteiger partial charge is 0.416 e. The molecule has 3 rings (SSSR count). The first-order valence-electron chi connectivity index (χ1n) is 10.6. The van der Waals surface area contributed by atoms with Gasteiger partial charge in [-0.3, -0.25) is 4.79 Å². The summed E-state index contributed by atoms with van der Waals surface area (Å²) in [4.78, 5) is 39.0. The van der Waals surface area contributed by atoms with E-state index in [4.69, 9.17) is 4.74 Å². The second-order valence-electron chi connectivity index (χ2n) is 7.77. The number of ether oxygens (including phenoxy) is 2. The Kier molecular flexibility index (Phi) is 7.44. The van der Waals surface area contributed by atoms with Crippen LogP contribution in [0.2, 0.25) is 0 Å². The molecule has 0 bridgehead atoms. The summed E-state index contributed by atoms with van der Waals surface area (Å²) in [6, 6.07) is 11.1. The molecule has 34 heavy (non-hydrogen) atoms. The quantitative estimate of drug-likeness (QED) is 0.559. The number of esters is 2. The van der Waals surface area contributed by atoms with E-state index >= 15 is 0 Å². The highest BCUT2D eigenvalue weighted by Crippen LogP contribution is 2.39. The van der Waals surface area contributed by atoms with E-state index in [0.717, 1.165) is 12.1 Å². The van der Waals surface area contributed by atoms with E-state index in [-0.39, 0.29) is 36.6 Å². The van der Waals surface area contributed by atoms with Crippen LogP contribution in [0.5, 0.6) is 0 Å². The fourth-order valence-electron chi connectivity index (χ4n) is 3.94. The van der Waals surface area contributed by atoms with E-state index < -0.39 is 29.6 Å². The summed E-state index contributed by atoms with van der Waals surface area (Å²) in [7, 11) is 1.27. The molecule has 180 valence electrons. The van der Waals surface area contributed by atoms with Gasteiger partial charge in [0.05, 0.1) is 37.0 Å². The van der Waals surface area contributed by atoms with Gasteiger partial charge in [-0.1, -0.05) is 30.3 Å². The number of carbonyl (C=O) groups is 3. The number of nitrogens with zero attached hydrogens (tertiary/aromatic N) is 1. The molecule has 1 aliphatic rings. The first kappa shape index (κ1) is 25.0. The summed E-state index contributed by atoms with van der Waals surface area (Å²) in [6.45, 7) is 3.40. The van der Waals surface area contributed by atoms with Gasteiger partial charge in [-0.15, -0.1) is 0 Å². The minimum Gasteiger partial charge on any atom is -0.465 e. The molecule has 1 amide bonds. The number of halogens is 3. The number of alkyl halides is 3. The van der Waals surface area contributed by atoms with E-state index in [9.17, 15) is 27.6 Å². The highest BCUT2D eigenvalue weighted by Gasteiger charge is 2.38. The largest absolute Gasteiger partial charge is 0.465 e. The third-order valence-corrected chi connectivity index (χ3v) is 5.65. The van der Waals surface area contributed by atoms with Crippen molar-refractivity contribution in [1.82, 2.24) is 4.90 Å². The van der Waals surface area contributed by atoms with Crippen molar-refractivity contribution in [3.8, 4) is 0 Å². The van der Waals surface area contributed by atoms with E-state index in [0.29, 0.717) is 16.8 Å². The molecule has 1 atom stereocenters. The van der Waals surface area contributed by atoms with Crippen molar-refractivity contribution in [3.05, 3.63) is 82.1 Å². The zero-order chi connectivity index (χ0) is 25.0. The monoisotopic (exact) mass is 475 g/mol. The predicted molar refractivity (Wildman–Crippen MR) is 116 cm³/mol. The van der Waals surface area contributed by atoms with Gasteiger partial charge in [-0.2, -0.15) is 13.2 Å². The predicted octanol–water partition coefficient (Wildman–Crippen LogP) is 4.85. The van der Waals surface area contributed by atoms with Crippen molar-refractivity contribution in [2.75, 3.05) is 13.7 Å². The Morgan fingerprint density at radius 1 is 1.09 bits per heavy atom. The Balaban J connectivity index is 2.00. The number of hydrogen-bond donors (Lipinski definition) is 0. The van der Waals surface area contributed by atoms with Gasteiger partial charge in [0, 0.05) is 18.0 Å². The van der Waals surface area contributed by atoms with E-state index in [1.165, 1.54) is 24.1 Å². The Hall–Kier alpha value is -3.62. The van der Waals surface area contributed by atoms with Crippen molar-refractivity contribution >= 4 is 17.8 Å². The molecule has 2 aromatic rings. The fourth-order valence-corrected chi connectivity index (χ4v) is 3.94. The van der Waals surface area contributed by atoms with Crippen LogP contribution in [0.1, 0.15) is 53.2 Å². The second-order valence-corrected chi connectivity index (χ2v) is 7.77. The minimum absolute atomic E-state index is 0.0772. The van der Waals surface area contributed by atoms with Crippen LogP contribution < -0.4 is 0 Å². The molecule has 0 fully saturated rings. The first-order chi connectivity index (χ1) is 16.1. The maximum absolute atomic E-state index is 13.3. The average molecular weight is 475 g/mol. The molecule has 0 saturated carbocycles. The van der Waals surface area contributed by atoms with E-state index in [2.05, 4.69) is 4.74 Å². The van der Waals surface area contributed by atoms with Crippen LogP contribution in [0, 0.1) is 0 Å². The average Bonchev–Trinajstić information content (AvgIpc) is 2.81. The summed E-state index contributed by atoms with van der Waals surface area (Å²) < 4.78 is 49.6. The molecular weight excluding hydrogens is 451 g/mol. The molecule has 0 radical (unpaired) electrons. The normalized spacial score (nSPS) is 16.5. The lowest BCUT2D eigenvalue weighted by Crippen LogP contribution is -2.38. The van der Waals surface area contributed by atoms with Gasteiger partial charge in [-0.05, 0) is 43.2 Å². The number of amides is 1. The van der Waals surface area contributed by atoms with Gasteiger partial charge in [0.2, 0.25) is 5.91 Å². The second kappa shape index (κ2) is 10.1. The third-order valence-electron chi connectivity index (χ3n) is 5.65. The van der Waals surface area contributed by atoms with Crippen LogP contribution in [0.4, 0.5) is 13.2 Å². The van der Waals surface area contributed by atoms with Crippen LogP contribution in [0.3, 0.4) is 0 Å². The number of hydrogen-bond acceptors (Lipinski definition) is 5. The molecule has 0 aliphatic carbocycles. The number of allylic oxidation sites excluding steroid dienone is 1. The van der Waals surface area contributed by atoms with Crippen molar-refractivity contribution in [3.63, 3.8) is 0 Å². The van der Waals surface area contributed by atoms with E-state index in [1.807, 2.05) is 0 Å². The molecule has 9 heteroatoms. The zero-order valence-corrected chi connectivity index (χ0v) is 18.9. The van der Waals surface area contributed by atoms with E-state index in [1.54, 1.807) is 38.1 Å². The van der Waals surface area contributed by atoms with Gasteiger partial charge < -0.3 is 14.4 Å². The van der Waals surface area contributed by atoms with Gasteiger partial charge in [-0.25, -0.2) is 9.59 Å². The molecule has 1 unspecified atom stereocenters. The number of rotatable bonds is 6. The summed E-state index contributed by atoms with van der Waals surface area (Å²) >= 11 is 0. The number of methoxy groups -OCH3 is 1. The summed E-state index contributed by atoms with van der Waals surface area (Å²) in [5.74, 6) is -2.39. The van der Waals surface area contributed by atoms with Crippen LogP contribution in [0.15, 0.2) is 59.8 Å². The van der Waals surface area contributed by atoms with Gasteiger partial charge in [0.15, 0.2) is 0 Å². The van der Waals surface area contributed by atoms with Crippen LogP contribution in [0.25, 0.3) is 0 Å². The summed E-state index contributed by atoms with van der Waals surface area (Å²) in [5.41, 5.74) is 0.863. The Morgan fingerprint density at radius 2 is 1.76 bits per heavy atom. The lowest BCUT2D eigenvalue weighted by molar-refractivity contribution is -0.140. The molecule has 1 aliphatic heterocycles. The van der Waals surface area contributed by atoms with Crippen LogP contribution >= 0.6 is 0 Å². The van der Waals surface area contributed by atoms with Gasteiger partial charge in [0.1, 0.15) is 0 Å². The first-order valence-corrected chi connectivity index (χ1v) is 10.6. The lowest BCUT2D eigenvalue weighted by atomic mass is 9.83. The highest BCUT2D eigenvalue weighted by molar-refractivity contribution is 5.96. The Labute approximate surface area is 195 Å². The molecule has 2 aromatic carbocycles. The maximum atomic E-state index is 13.3. The highest BCUT2D eigenvalue weighted by atomic mass is 19.4. The minimum atomic E-state index is -4.56. The topological polar surface area (TPSA) is 72.9 Å².